The minimum atomic E-state index is -0.296. The van der Waals surface area contributed by atoms with E-state index in [0.29, 0.717) is 12.6 Å². The highest BCUT2D eigenvalue weighted by Gasteiger charge is 2.35. The zero-order valence-electron chi connectivity index (χ0n) is 9.69. The summed E-state index contributed by atoms with van der Waals surface area (Å²) in [6, 6.07) is 0.109. The van der Waals surface area contributed by atoms with Gasteiger partial charge in [-0.05, 0) is 32.7 Å². The molecule has 0 aromatic heterocycles. The minimum Gasteiger partial charge on any atom is -0.383 e. The summed E-state index contributed by atoms with van der Waals surface area (Å²) >= 11 is 0. The van der Waals surface area contributed by atoms with Crippen molar-refractivity contribution in [1.82, 2.24) is 10.3 Å². The van der Waals surface area contributed by atoms with Crippen LogP contribution < -0.4 is 11.3 Å². The Morgan fingerprint density at radius 3 is 2.67 bits per heavy atom. The average Bonchev–Trinajstić information content (AvgIpc) is 3.06. The number of nitrogens with two attached hydrogens (primary N) is 1. The van der Waals surface area contributed by atoms with E-state index in [0.717, 1.165) is 5.92 Å². The lowest BCUT2D eigenvalue weighted by Crippen LogP contribution is -2.53. The van der Waals surface area contributed by atoms with Gasteiger partial charge in [-0.3, -0.25) is 15.1 Å². The normalized spacial score (nSPS) is 20.1. The molecule has 1 aliphatic carbocycles. The van der Waals surface area contributed by atoms with Crippen molar-refractivity contribution in [1.29, 1.82) is 0 Å². The maximum atomic E-state index is 11.5. The monoisotopic (exact) mass is 215 g/mol. The number of carbonyl (C=O) groups is 1. The van der Waals surface area contributed by atoms with Crippen molar-refractivity contribution >= 4 is 5.91 Å². The zero-order chi connectivity index (χ0) is 11.4. The van der Waals surface area contributed by atoms with E-state index < -0.39 is 0 Å². The van der Waals surface area contributed by atoms with Crippen molar-refractivity contribution in [2.75, 3.05) is 20.8 Å². The van der Waals surface area contributed by atoms with Gasteiger partial charge in [0.05, 0.1) is 6.61 Å². The lowest BCUT2D eigenvalue weighted by atomic mass is 10.1. The molecule has 0 bridgehead atoms. The van der Waals surface area contributed by atoms with E-state index in [2.05, 4.69) is 12.3 Å². The molecule has 0 heterocycles. The predicted molar refractivity (Wildman–Crippen MR) is 57.9 cm³/mol. The Morgan fingerprint density at radius 2 is 2.27 bits per heavy atom. The first kappa shape index (κ1) is 12.4. The Bertz CT molecular complexity index is 219. The molecule has 1 rings (SSSR count). The summed E-state index contributed by atoms with van der Waals surface area (Å²) in [5.41, 5.74) is 2.18. The minimum absolute atomic E-state index is 0.188. The van der Waals surface area contributed by atoms with Gasteiger partial charge in [0.1, 0.15) is 6.04 Å². The summed E-state index contributed by atoms with van der Waals surface area (Å²) in [7, 11) is 3.54. The van der Waals surface area contributed by atoms with Crippen molar-refractivity contribution in [2.24, 2.45) is 11.8 Å². The summed E-state index contributed by atoms with van der Waals surface area (Å²) < 4.78 is 5.04. The fourth-order valence-corrected chi connectivity index (χ4v) is 1.83. The van der Waals surface area contributed by atoms with Gasteiger partial charge in [-0.2, -0.15) is 0 Å². The van der Waals surface area contributed by atoms with Crippen molar-refractivity contribution in [3.63, 3.8) is 0 Å². The summed E-state index contributed by atoms with van der Waals surface area (Å²) in [4.78, 5) is 13.6. The first-order valence-corrected chi connectivity index (χ1v) is 5.33. The van der Waals surface area contributed by atoms with Crippen LogP contribution in [0.15, 0.2) is 0 Å². The lowest BCUT2D eigenvalue weighted by molar-refractivity contribution is -0.128. The Balaban J connectivity index is 2.56. The molecule has 3 N–H and O–H groups in total. The fraction of sp³-hybridized carbons (Fsp3) is 0.900. The second kappa shape index (κ2) is 5.44. The highest BCUT2D eigenvalue weighted by Crippen LogP contribution is 2.35. The highest BCUT2D eigenvalue weighted by atomic mass is 16.5. The van der Waals surface area contributed by atoms with Gasteiger partial charge in [-0.25, -0.2) is 5.84 Å². The molecule has 1 amide bonds. The van der Waals surface area contributed by atoms with Gasteiger partial charge in [-0.1, -0.05) is 0 Å². The van der Waals surface area contributed by atoms with Crippen LogP contribution in [0.2, 0.25) is 0 Å². The van der Waals surface area contributed by atoms with Crippen LogP contribution in [0, 0.1) is 5.92 Å². The topological polar surface area (TPSA) is 67.6 Å². The van der Waals surface area contributed by atoms with E-state index >= 15 is 0 Å². The average molecular weight is 215 g/mol. The lowest BCUT2D eigenvalue weighted by Gasteiger charge is -2.31. The Morgan fingerprint density at radius 1 is 1.67 bits per heavy atom. The van der Waals surface area contributed by atoms with Crippen LogP contribution in [0.25, 0.3) is 0 Å². The van der Waals surface area contributed by atoms with Crippen molar-refractivity contribution < 1.29 is 9.53 Å². The summed E-state index contributed by atoms with van der Waals surface area (Å²) in [6.07, 6.45) is 2.52. The summed E-state index contributed by atoms with van der Waals surface area (Å²) in [6.45, 7) is 2.51. The number of hydrogen-bond acceptors (Lipinski definition) is 4. The molecule has 5 nitrogen and oxygen atoms in total. The van der Waals surface area contributed by atoms with Gasteiger partial charge >= 0.3 is 0 Å². The van der Waals surface area contributed by atoms with Gasteiger partial charge in [0.2, 0.25) is 0 Å². The number of ether oxygens (including phenoxy) is 1. The fourth-order valence-electron chi connectivity index (χ4n) is 1.83. The molecule has 1 aliphatic rings. The van der Waals surface area contributed by atoms with E-state index in [1.54, 1.807) is 7.11 Å². The van der Waals surface area contributed by atoms with Crippen LogP contribution in [0.1, 0.15) is 19.8 Å². The second-order valence-electron chi connectivity index (χ2n) is 4.22. The van der Waals surface area contributed by atoms with Crippen LogP contribution in [-0.2, 0) is 9.53 Å². The number of methoxy groups -OCH3 is 1. The largest absolute Gasteiger partial charge is 0.383 e. The molecule has 2 unspecified atom stereocenters. The molecule has 1 fully saturated rings. The summed E-state index contributed by atoms with van der Waals surface area (Å²) in [5, 5.41) is 0. The van der Waals surface area contributed by atoms with Crippen LogP contribution in [-0.4, -0.2) is 43.7 Å². The molecule has 0 saturated heterocycles. The van der Waals surface area contributed by atoms with Crippen LogP contribution in [0.3, 0.4) is 0 Å². The molecule has 88 valence electrons. The number of rotatable bonds is 6. The molecule has 15 heavy (non-hydrogen) atoms. The Kier molecular flexibility index (Phi) is 4.50. The molecule has 1 saturated carbocycles. The number of hydrogen-bond donors (Lipinski definition) is 2. The third kappa shape index (κ3) is 3.15. The maximum Gasteiger partial charge on any atom is 0.253 e. The molecule has 0 aromatic carbocycles. The van der Waals surface area contributed by atoms with Crippen molar-refractivity contribution in [3.8, 4) is 0 Å². The van der Waals surface area contributed by atoms with E-state index in [4.69, 9.17) is 10.6 Å². The Hall–Kier alpha value is -0.650. The second-order valence-corrected chi connectivity index (χ2v) is 4.22. The number of nitrogens with zero attached hydrogens (tertiary/aromatic N) is 1. The van der Waals surface area contributed by atoms with Crippen LogP contribution in [0.4, 0.5) is 0 Å². The molecular weight excluding hydrogens is 194 g/mol. The SMILES string of the molecule is COCC(C(=O)NN)N(C)C(C)C1CC1. The van der Waals surface area contributed by atoms with Gasteiger partial charge in [0.25, 0.3) is 5.91 Å². The zero-order valence-corrected chi connectivity index (χ0v) is 9.69. The van der Waals surface area contributed by atoms with Crippen LogP contribution >= 0.6 is 0 Å². The quantitative estimate of drug-likeness (QED) is 0.363. The molecule has 0 aromatic rings. The third-order valence-electron chi connectivity index (χ3n) is 3.21. The van der Waals surface area contributed by atoms with Gasteiger partial charge < -0.3 is 4.74 Å². The maximum absolute atomic E-state index is 11.5. The first-order valence-electron chi connectivity index (χ1n) is 5.33. The highest BCUT2D eigenvalue weighted by molar-refractivity contribution is 5.81. The Labute approximate surface area is 90.9 Å². The molecule has 0 spiro atoms. The molecule has 0 aliphatic heterocycles. The standard InChI is InChI=1S/C10H21N3O2/c1-7(8-4-5-8)13(2)9(6-15-3)10(14)12-11/h7-9H,4-6,11H2,1-3H3,(H,12,14). The number of hydrazine groups is 1. The number of nitrogens with one attached hydrogen (secondary N) is 1. The van der Waals surface area contributed by atoms with E-state index in [9.17, 15) is 4.79 Å². The van der Waals surface area contributed by atoms with Crippen molar-refractivity contribution in [2.45, 2.75) is 31.8 Å². The summed E-state index contributed by atoms with van der Waals surface area (Å²) in [5.74, 6) is 5.69. The van der Waals surface area contributed by atoms with Gasteiger partial charge in [-0.15, -0.1) is 0 Å². The number of amides is 1. The molecule has 5 heteroatoms. The third-order valence-corrected chi connectivity index (χ3v) is 3.21. The molecular formula is C10H21N3O2. The van der Waals surface area contributed by atoms with Gasteiger partial charge in [0, 0.05) is 13.2 Å². The smallest absolute Gasteiger partial charge is 0.253 e. The van der Waals surface area contributed by atoms with E-state index in [-0.39, 0.29) is 11.9 Å². The predicted octanol–water partition coefficient (Wildman–Crippen LogP) is -0.278. The first-order chi connectivity index (χ1) is 7.11. The number of carbonyl (C=O) groups excluding carboxylic acids is 1. The molecule has 0 radical (unpaired) electrons. The van der Waals surface area contributed by atoms with Crippen molar-refractivity contribution in [3.05, 3.63) is 0 Å². The van der Waals surface area contributed by atoms with E-state index in [1.165, 1.54) is 12.8 Å². The molecule has 2 atom stereocenters. The van der Waals surface area contributed by atoms with Crippen LogP contribution in [0.5, 0.6) is 0 Å². The number of likely N-dealkylation sites (N-methyl/N-ethyl adjacent to an activating group) is 1. The van der Waals surface area contributed by atoms with Gasteiger partial charge in [0.15, 0.2) is 0 Å². The van der Waals surface area contributed by atoms with E-state index in [1.807, 2.05) is 11.9 Å².